The lowest BCUT2D eigenvalue weighted by Crippen LogP contribution is -2.41. The Balaban J connectivity index is 1.48. The molecule has 1 aliphatic heterocycles. The van der Waals surface area contributed by atoms with Crippen LogP contribution >= 0.6 is 27.7 Å². The molecule has 2 amide bonds. The maximum Gasteiger partial charge on any atom is 0.238 e. The zero-order valence-corrected chi connectivity index (χ0v) is 19.2. The van der Waals surface area contributed by atoms with Crippen LogP contribution in [0.1, 0.15) is 18.9 Å². The highest BCUT2D eigenvalue weighted by Gasteiger charge is 2.30. The first-order chi connectivity index (χ1) is 15.0. The van der Waals surface area contributed by atoms with Crippen LogP contribution in [-0.2, 0) is 9.59 Å². The molecule has 1 atom stereocenters. The van der Waals surface area contributed by atoms with Crippen LogP contribution in [0.2, 0.25) is 0 Å². The second kappa shape index (κ2) is 9.49. The fourth-order valence-electron chi connectivity index (χ4n) is 3.17. The minimum Gasteiger partial charge on any atom is -0.325 e. The highest BCUT2D eigenvalue weighted by atomic mass is 79.9. The van der Waals surface area contributed by atoms with Crippen molar-refractivity contribution < 1.29 is 9.59 Å². The van der Waals surface area contributed by atoms with E-state index >= 15 is 0 Å². The minimum atomic E-state index is -0.537. The second-order valence-corrected chi connectivity index (χ2v) is 9.27. The number of benzene rings is 3. The third-order valence-corrected chi connectivity index (χ3v) is 6.48. The number of fused-ring (bicyclic) bond motifs is 1. The largest absolute Gasteiger partial charge is 0.325 e. The molecule has 0 spiro atoms. The van der Waals surface area contributed by atoms with Crippen molar-refractivity contribution in [2.75, 3.05) is 5.32 Å². The lowest BCUT2D eigenvalue weighted by molar-refractivity contribution is -0.123. The van der Waals surface area contributed by atoms with Gasteiger partial charge in [-0.05, 0) is 59.2 Å². The number of anilines is 1. The molecule has 1 saturated heterocycles. The van der Waals surface area contributed by atoms with Gasteiger partial charge in [-0.15, -0.1) is 0 Å². The molecule has 3 aromatic rings. The van der Waals surface area contributed by atoms with Crippen LogP contribution in [0.25, 0.3) is 16.3 Å². The number of thioether (sulfide) groups is 1. The highest BCUT2D eigenvalue weighted by molar-refractivity contribution is 9.10. The molecule has 1 heterocycles. The highest BCUT2D eigenvalue weighted by Crippen LogP contribution is 2.25. The summed E-state index contributed by atoms with van der Waals surface area (Å²) in [5.74, 6) is -0.435. The van der Waals surface area contributed by atoms with Gasteiger partial charge < -0.3 is 10.6 Å². The van der Waals surface area contributed by atoms with Crippen LogP contribution < -0.4 is 10.6 Å². The van der Waals surface area contributed by atoms with E-state index in [9.17, 15) is 9.59 Å². The van der Waals surface area contributed by atoms with E-state index in [0.717, 1.165) is 21.0 Å². The van der Waals surface area contributed by atoms with Crippen LogP contribution in [0, 0.1) is 0 Å². The van der Waals surface area contributed by atoms with E-state index in [1.165, 1.54) is 17.1 Å². The molecule has 2 N–H and O–H groups in total. The first-order valence-electron chi connectivity index (χ1n) is 9.74. The predicted octanol–water partition coefficient (Wildman–Crippen LogP) is 5.58. The number of amidine groups is 1. The number of hydrogen-bond acceptors (Lipinski definition) is 4. The van der Waals surface area contributed by atoms with Gasteiger partial charge in [0.15, 0.2) is 5.17 Å². The molecule has 4 rings (SSSR count). The average molecular weight is 494 g/mol. The fraction of sp³-hybridized carbons (Fsp3) is 0.125. The van der Waals surface area contributed by atoms with E-state index < -0.39 is 5.25 Å². The van der Waals surface area contributed by atoms with E-state index in [2.05, 4.69) is 61.9 Å². The number of nitrogens with one attached hydrogen (secondary N) is 2. The van der Waals surface area contributed by atoms with Crippen LogP contribution in [0.5, 0.6) is 0 Å². The van der Waals surface area contributed by atoms with E-state index in [1.807, 2.05) is 31.2 Å². The second-order valence-electron chi connectivity index (χ2n) is 7.16. The Kier molecular flexibility index (Phi) is 6.53. The van der Waals surface area contributed by atoms with Gasteiger partial charge in [0.1, 0.15) is 5.25 Å². The van der Waals surface area contributed by atoms with E-state index in [0.29, 0.717) is 10.9 Å². The topological polar surface area (TPSA) is 70.6 Å². The Hall–Kier alpha value is -2.90. The maximum absolute atomic E-state index is 12.6. The summed E-state index contributed by atoms with van der Waals surface area (Å²) in [4.78, 5) is 29.2. The molecule has 0 aliphatic carbocycles. The van der Waals surface area contributed by atoms with Crippen molar-refractivity contribution in [1.29, 1.82) is 0 Å². The van der Waals surface area contributed by atoms with Crippen molar-refractivity contribution in [2.45, 2.75) is 18.6 Å². The third-order valence-electron chi connectivity index (χ3n) is 4.86. The molecule has 1 aliphatic rings. The van der Waals surface area contributed by atoms with Gasteiger partial charge in [-0.3, -0.25) is 9.59 Å². The van der Waals surface area contributed by atoms with Crippen molar-refractivity contribution in [1.82, 2.24) is 5.32 Å². The van der Waals surface area contributed by atoms with Gasteiger partial charge in [0.25, 0.3) is 0 Å². The van der Waals surface area contributed by atoms with Crippen molar-refractivity contribution in [3.63, 3.8) is 0 Å². The zero-order chi connectivity index (χ0) is 21.8. The predicted molar refractivity (Wildman–Crippen MR) is 132 cm³/mol. The van der Waals surface area contributed by atoms with Crippen LogP contribution in [0.15, 0.2) is 82.4 Å². The molecule has 0 saturated carbocycles. The molecule has 156 valence electrons. The smallest absolute Gasteiger partial charge is 0.238 e. The van der Waals surface area contributed by atoms with Gasteiger partial charge in [-0.1, -0.05) is 64.1 Å². The van der Waals surface area contributed by atoms with Crippen LogP contribution in [-0.4, -0.2) is 22.2 Å². The third kappa shape index (κ3) is 5.42. The molecular formula is C24H20BrN3O2S. The first kappa shape index (κ1) is 21.3. The Morgan fingerprint density at radius 1 is 1.13 bits per heavy atom. The summed E-state index contributed by atoms with van der Waals surface area (Å²) in [6, 6.07) is 21.7. The molecule has 0 aromatic heterocycles. The zero-order valence-electron chi connectivity index (χ0n) is 16.8. The molecule has 0 radical (unpaired) electrons. The monoisotopic (exact) mass is 493 g/mol. The van der Waals surface area contributed by atoms with Gasteiger partial charge >= 0.3 is 0 Å². The molecule has 31 heavy (non-hydrogen) atoms. The quantitative estimate of drug-likeness (QED) is 0.498. The van der Waals surface area contributed by atoms with Gasteiger partial charge in [0, 0.05) is 22.8 Å². The lowest BCUT2D eigenvalue weighted by atomic mass is 10.0. The summed E-state index contributed by atoms with van der Waals surface area (Å²) in [5, 5.41) is 7.83. The Morgan fingerprint density at radius 3 is 2.65 bits per heavy atom. The summed E-state index contributed by atoms with van der Waals surface area (Å²) in [6.07, 6.45) is 1.83. The molecule has 1 unspecified atom stereocenters. The average Bonchev–Trinajstić information content (AvgIpc) is 2.78. The van der Waals surface area contributed by atoms with E-state index in [1.54, 1.807) is 18.3 Å². The van der Waals surface area contributed by atoms with Crippen LogP contribution in [0.3, 0.4) is 0 Å². The molecule has 3 aromatic carbocycles. The summed E-state index contributed by atoms with van der Waals surface area (Å²) in [6.45, 7) is 1.97. The Morgan fingerprint density at radius 2 is 1.87 bits per heavy atom. The fourth-order valence-corrected chi connectivity index (χ4v) is 4.39. The van der Waals surface area contributed by atoms with E-state index in [4.69, 9.17) is 0 Å². The number of allylic oxidation sites excluding steroid dienone is 1. The van der Waals surface area contributed by atoms with Gasteiger partial charge in [0.2, 0.25) is 11.8 Å². The summed E-state index contributed by atoms with van der Waals surface area (Å²) >= 11 is 4.63. The minimum absolute atomic E-state index is 0.111. The van der Waals surface area contributed by atoms with Crippen molar-refractivity contribution in [2.24, 2.45) is 4.99 Å². The number of nitrogens with zero attached hydrogens (tertiary/aromatic N) is 1. The summed E-state index contributed by atoms with van der Waals surface area (Å²) < 4.78 is 0.930. The number of rotatable bonds is 4. The van der Waals surface area contributed by atoms with Crippen molar-refractivity contribution in [3.05, 3.63) is 83.0 Å². The molecule has 5 nitrogen and oxygen atoms in total. The SMILES string of the molecule is C/C(=C\N=C1NC(=O)CC(C(=O)Nc2ccc(Br)cc2)S1)c1ccc2ccccc2c1. The number of carbonyl (C=O) groups is 2. The Labute approximate surface area is 193 Å². The number of hydrogen-bond donors (Lipinski definition) is 2. The van der Waals surface area contributed by atoms with Crippen molar-refractivity contribution >= 4 is 66.7 Å². The number of carbonyl (C=O) groups excluding carboxylic acids is 2. The number of amides is 2. The summed E-state index contributed by atoms with van der Waals surface area (Å²) in [5.41, 5.74) is 2.71. The van der Waals surface area contributed by atoms with Crippen molar-refractivity contribution in [3.8, 4) is 0 Å². The molecular weight excluding hydrogens is 474 g/mol. The van der Waals surface area contributed by atoms with Gasteiger partial charge in [-0.2, -0.15) is 0 Å². The standard InChI is InChI=1S/C24H20BrN3O2S/c1-15(17-7-6-16-4-2-3-5-18(16)12-17)14-26-24-28-22(29)13-21(31-24)23(30)27-20-10-8-19(25)9-11-20/h2-12,14,21H,13H2,1H3,(H,27,30)(H,26,28,29)/b15-14+. The lowest BCUT2D eigenvalue weighted by Gasteiger charge is -2.22. The first-order valence-corrected chi connectivity index (χ1v) is 11.4. The maximum atomic E-state index is 12.6. The molecule has 7 heteroatoms. The number of halogens is 1. The van der Waals surface area contributed by atoms with E-state index in [-0.39, 0.29) is 18.2 Å². The van der Waals surface area contributed by atoms with Gasteiger partial charge in [-0.25, -0.2) is 4.99 Å². The van der Waals surface area contributed by atoms with Gasteiger partial charge in [0.05, 0.1) is 0 Å². The molecule has 0 bridgehead atoms. The Bertz CT molecular complexity index is 1200. The number of aliphatic imine (C=N–C) groups is 1. The summed E-state index contributed by atoms with van der Waals surface area (Å²) in [7, 11) is 0. The normalized spacial score (nSPS) is 18.1. The molecule has 1 fully saturated rings. The van der Waals surface area contributed by atoms with Crippen LogP contribution in [0.4, 0.5) is 5.69 Å².